The molecule has 0 amide bonds. The summed E-state index contributed by atoms with van der Waals surface area (Å²) in [4.78, 5) is 11.9. The molecule has 214 valence electrons. The van der Waals surface area contributed by atoms with Crippen molar-refractivity contribution in [3.05, 3.63) is 0 Å². The molecule has 3 N–H and O–H groups in total. The molecule has 0 aromatic heterocycles. The van der Waals surface area contributed by atoms with Crippen LogP contribution in [-0.4, -0.2) is 112 Å². The third-order valence-electron chi connectivity index (χ3n) is 6.01. The minimum Gasteiger partial charge on any atom is -0.463 e. The van der Waals surface area contributed by atoms with Gasteiger partial charge in [-0.25, -0.2) is 0 Å². The maximum atomic E-state index is 11.9. The number of rotatable bonds is 25. The zero-order valence-electron chi connectivity index (χ0n) is 22.2. The SMILES string of the molecule is CCCCCCCCCCCC(=O)OCCOC[C@H](OCCO)[C@@H]1OC[C@@H](OCCO)[C@H]1OCCO. The van der Waals surface area contributed by atoms with Crippen molar-refractivity contribution in [2.45, 2.75) is 95.5 Å². The molecule has 0 aromatic rings. The molecule has 0 saturated carbocycles. The molecule has 1 aliphatic rings. The van der Waals surface area contributed by atoms with Crippen LogP contribution in [0.15, 0.2) is 0 Å². The van der Waals surface area contributed by atoms with Crippen LogP contribution in [0.5, 0.6) is 0 Å². The van der Waals surface area contributed by atoms with E-state index in [-0.39, 0.29) is 72.0 Å². The number of carbonyl (C=O) groups excluding carboxylic acids is 1. The molecule has 10 nitrogen and oxygen atoms in total. The molecule has 1 heterocycles. The molecule has 36 heavy (non-hydrogen) atoms. The standard InChI is InChI=1S/C26H50O10/c1-2-3-4-5-6-7-8-9-10-11-24(30)34-19-18-31-20-22(32-15-12-27)26-25(35-17-14-29)23(21-36-26)33-16-13-28/h22-23,25-29H,2-21H2,1H3/t22-,23+,25+,26-/m0/s1. The average Bonchev–Trinajstić information content (AvgIpc) is 3.29. The lowest BCUT2D eigenvalue weighted by atomic mass is 10.1. The van der Waals surface area contributed by atoms with Crippen LogP contribution in [0.25, 0.3) is 0 Å². The lowest BCUT2D eigenvalue weighted by molar-refractivity contribution is -0.149. The Morgan fingerprint density at radius 2 is 1.47 bits per heavy atom. The van der Waals surface area contributed by atoms with Crippen LogP contribution >= 0.6 is 0 Å². The van der Waals surface area contributed by atoms with Crippen LogP contribution < -0.4 is 0 Å². The predicted molar refractivity (Wildman–Crippen MR) is 134 cm³/mol. The summed E-state index contributed by atoms with van der Waals surface area (Å²) >= 11 is 0. The molecule has 1 rings (SSSR count). The Morgan fingerprint density at radius 1 is 0.833 bits per heavy atom. The van der Waals surface area contributed by atoms with Crippen molar-refractivity contribution in [1.82, 2.24) is 0 Å². The van der Waals surface area contributed by atoms with Crippen molar-refractivity contribution in [2.75, 3.05) is 66.1 Å². The van der Waals surface area contributed by atoms with Gasteiger partial charge in [0.05, 0.1) is 59.5 Å². The highest BCUT2D eigenvalue weighted by Crippen LogP contribution is 2.25. The van der Waals surface area contributed by atoms with Gasteiger partial charge in [-0.3, -0.25) is 4.79 Å². The van der Waals surface area contributed by atoms with Gasteiger partial charge in [0.2, 0.25) is 0 Å². The van der Waals surface area contributed by atoms with Gasteiger partial charge in [0.25, 0.3) is 0 Å². The van der Waals surface area contributed by atoms with E-state index < -0.39 is 24.4 Å². The molecule has 4 atom stereocenters. The molecule has 1 fully saturated rings. The fourth-order valence-corrected chi connectivity index (χ4v) is 4.17. The lowest BCUT2D eigenvalue weighted by Gasteiger charge is -2.29. The van der Waals surface area contributed by atoms with Crippen molar-refractivity contribution in [3.63, 3.8) is 0 Å². The molecular weight excluding hydrogens is 472 g/mol. The van der Waals surface area contributed by atoms with Crippen LogP contribution in [0.4, 0.5) is 0 Å². The number of esters is 1. The molecule has 0 unspecified atom stereocenters. The van der Waals surface area contributed by atoms with Crippen LogP contribution in [0.3, 0.4) is 0 Å². The smallest absolute Gasteiger partial charge is 0.305 e. The second kappa shape index (κ2) is 23.3. The Labute approximate surface area is 216 Å². The van der Waals surface area contributed by atoms with Gasteiger partial charge >= 0.3 is 5.97 Å². The van der Waals surface area contributed by atoms with Crippen molar-refractivity contribution in [2.24, 2.45) is 0 Å². The minimum atomic E-state index is -0.554. The summed E-state index contributed by atoms with van der Waals surface area (Å²) in [6, 6.07) is 0. The molecule has 1 aliphatic heterocycles. The van der Waals surface area contributed by atoms with Crippen LogP contribution in [0.1, 0.15) is 71.1 Å². The molecule has 0 aromatic carbocycles. The van der Waals surface area contributed by atoms with E-state index in [0.717, 1.165) is 19.3 Å². The van der Waals surface area contributed by atoms with Gasteiger partial charge in [0.1, 0.15) is 31.0 Å². The van der Waals surface area contributed by atoms with Gasteiger partial charge in [-0.2, -0.15) is 0 Å². The third kappa shape index (κ3) is 15.4. The Morgan fingerprint density at radius 3 is 2.14 bits per heavy atom. The number of ether oxygens (including phenoxy) is 6. The fraction of sp³-hybridized carbons (Fsp3) is 0.962. The van der Waals surface area contributed by atoms with Gasteiger partial charge in [0, 0.05) is 6.42 Å². The summed E-state index contributed by atoms with van der Waals surface area (Å²) in [5.74, 6) is -0.213. The summed E-state index contributed by atoms with van der Waals surface area (Å²) in [7, 11) is 0. The Kier molecular flexibility index (Phi) is 21.5. The Balaban J connectivity index is 2.27. The number of unbranched alkanes of at least 4 members (excludes halogenated alkanes) is 8. The average molecular weight is 523 g/mol. The minimum absolute atomic E-state index is 0.0937. The van der Waals surface area contributed by atoms with Crippen LogP contribution in [0.2, 0.25) is 0 Å². The third-order valence-corrected chi connectivity index (χ3v) is 6.01. The summed E-state index contributed by atoms with van der Waals surface area (Å²) in [5.41, 5.74) is 0. The zero-order chi connectivity index (χ0) is 26.3. The predicted octanol–water partition coefficient (Wildman–Crippen LogP) is 2.00. The summed E-state index contributed by atoms with van der Waals surface area (Å²) in [6.07, 6.45) is 9.17. The number of aliphatic hydroxyl groups excluding tert-OH is 3. The monoisotopic (exact) mass is 522 g/mol. The van der Waals surface area contributed by atoms with Gasteiger partial charge in [-0.05, 0) is 6.42 Å². The molecule has 0 bridgehead atoms. The lowest BCUT2D eigenvalue weighted by Crippen LogP contribution is -2.45. The second-order valence-electron chi connectivity index (χ2n) is 9.00. The van der Waals surface area contributed by atoms with E-state index in [1.165, 1.54) is 38.5 Å². The van der Waals surface area contributed by atoms with Crippen molar-refractivity contribution in [1.29, 1.82) is 0 Å². The van der Waals surface area contributed by atoms with E-state index in [1.54, 1.807) is 0 Å². The second-order valence-corrected chi connectivity index (χ2v) is 9.00. The van der Waals surface area contributed by atoms with Gasteiger partial charge < -0.3 is 43.7 Å². The van der Waals surface area contributed by atoms with Gasteiger partial charge in [-0.1, -0.05) is 58.3 Å². The van der Waals surface area contributed by atoms with E-state index in [1.807, 2.05) is 0 Å². The first-order chi connectivity index (χ1) is 17.7. The van der Waals surface area contributed by atoms with Crippen LogP contribution in [-0.2, 0) is 33.2 Å². The normalized spacial score (nSPS) is 20.6. The topological polar surface area (TPSA) is 133 Å². The first-order valence-electron chi connectivity index (χ1n) is 13.7. The highest BCUT2D eigenvalue weighted by atomic mass is 16.6. The quantitative estimate of drug-likeness (QED) is 0.121. The van der Waals surface area contributed by atoms with E-state index in [2.05, 4.69) is 6.92 Å². The number of aliphatic hydroxyl groups is 3. The highest BCUT2D eigenvalue weighted by Gasteiger charge is 2.44. The van der Waals surface area contributed by atoms with E-state index in [4.69, 9.17) is 38.6 Å². The summed E-state index contributed by atoms with van der Waals surface area (Å²) < 4.78 is 33.8. The van der Waals surface area contributed by atoms with Crippen molar-refractivity contribution >= 4 is 5.97 Å². The molecular formula is C26H50O10. The first kappa shape index (κ1) is 33.2. The summed E-state index contributed by atoms with van der Waals surface area (Å²) in [6.45, 7) is 2.88. The van der Waals surface area contributed by atoms with E-state index in [0.29, 0.717) is 6.42 Å². The van der Waals surface area contributed by atoms with Crippen LogP contribution in [0, 0.1) is 0 Å². The molecule has 1 saturated heterocycles. The first-order valence-corrected chi connectivity index (χ1v) is 13.7. The molecule has 0 radical (unpaired) electrons. The van der Waals surface area contributed by atoms with Crippen molar-refractivity contribution in [3.8, 4) is 0 Å². The van der Waals surface area contributed by atoms with E-state index in [9.17, 15) is 9.90 Å². The zero-order valence-corrected chi connectivity index (χ0v) is 22.2. The number of hydrogen-bond acceptors (Lipinski definition) is 10. The number of carbonyl (C=O) groups is 1. The van der Waals surface area contributed by atoms with E-state index >= 15 is 0 Å². The molecule has 0 aliphatic carbocycles. The fourth-order valence-electron chi connectivity index (χ4n) is 4.17. The number of hydrogen-bond donors (Lipinski definition) is 3. The Bertz CT molecular complexity index is 507. The summed E-state index contributed by atoms with van der Waals surface area (Å²) in [5, 5.41) is 27.4. The maximum Gasteiger partial charge on any atom is 0.305 e. The van der Waals surface area contributed by atoms with Gasteiger partial charge in [0.15, 0.2) is 0 Å². The molecule has 0 spiro atoms. The maximum absolute atomic E-state index is 11.9. The van der Waals surface area contributed by atoms with Gasteiger partial charge in [-0.15, -0.1) is 0 Å². The highest BCUT2D eigenvalue weighted by molar-refractivity contribution is 5.69. The molecule has 10 heteroatoms. The van der Waals surface area contributed by atoms with Crippen molar-refractivity contribution < 1.29 is 48.5 Å². The Hall–Kier alpha value is -0.850. The largest absolute Gasteiger partial charge is 0.463 e.